The molecular formula is C36H37FN4O3. The van der Waals surface area contributed by atoms with E-state index in [0.29, 0.717) is 24.5 Å². The molecule has 6 rings (SSSR count). The highest BCUT2D eigenvalue weighted by molar-refractivity contribution is 5.98. The maximum atomic E-state index is 13.8. The third kappa shape index (κ3) is 6.65. The molecule has 0 bridgehead atoms. The molecule has 44 heavy (non-hydrogen) atoms. The van der Waals surface area contributed by atoms with Crippen molar-refractivity contribution in [3.8, 4) is 0 Å². The molecule has 1 fully saturated rings. The second-order valence-electron chi connectivity index (χ2n) is 11.7. The number of halogens is 1. The number of imidazole rings is 1. The van der Waals surface area contributed by atoms with Crippen LogP contribution >= 0.6 is 0 Å². The number of amides is 1. The summed E-state index contributed by atoms with van der Waals surface area (Å²) in [6, 6.07) is 25.7. The predicted octanol–water partition coefficient (Wildman–Crippen LogP) is 6.66. The van der Waals surface area contributed by atoms with Crippen molar-refractivity contribution in [1.29, 1.82) is 0 Å². The lowest BCUT2D eigenvalue weighted by molar-refractivity contribution is 0.0779. The Morgan fingerprint density at radius 2 is 1.70 bits per heavy atom. The number of hydrogen-bond donors (Lipinski definition) is 0. The van der Waals surface area contributed by atoms with Crippen LogP contribution in [0.15, 0.2) is 102 Å². The minimum atomic E-state index is -0.272. The molecule has 8 heteroatoms. The number of aromatic nitrogens is 2. The fourth-order valence-corrected chi connectivity index (χ4v) is 6.24. The van der Waals surface area contributed by atoms with Crippen LogP contribution in [0.1, 0.15) is 57.3 Å². The van der Waals surface area contributed by atoms with Gasteiger partial charge in [-0.05, 0) is 86.9 Å². The van der Waals surface area contributed by atoms with E-state index in [2.05, 4.69) is 4.90 Å². The molecule has 0 radical (unpaired) electrons. The third-order valence-corrected chi connectivity index (χ3v) is 8.75. The molecule has 1 amide bonds. The Morgan fingerprint density at radius 1 is 0.977 bits per heavy atom. The Hall–Kier alpha value is -4.56. The highest BCUT2D eigenvalue weighted by atomic mass is 19.1. The fraction of sp³-hybridized carbons (Fsp3) is 0.306. The van der Waals surface area contributed by atoms with Gasteiger partial charge in [0.15, 0.2) is 5.82 Å². The molecule has 3 aromatic carbocycles. The molecule has 3 heterocycles. The first-order valence-corrected chi connectivity index (χ1v) is 15.2. The third-order valence-electron chi connectivity index (χ3n) is 8.75. The lowest BCUT2D eigenvalue weighted by Gasteiger charge is -2.33. The lowest BCUT2D eigenvalue weighted by Crippen LogP contribution is -2.38. The van der Waals surface area contributed by atoms with Crippen LogP contribution in [0.4, 0.5) is 4.39 Å². The van der Waals surface area contributed by atoms with Gasteiger partial charge < -0.3 is 18.8 Å². The van der Waals surface area contributed by atoms with Crippen LogP contribution in [0.5, 0.6) is 0 Å². The average Bonchev–Trinajstić information content (AvgIpc) is 3.72. The number of furan rings is 1. The summed E-state index contributed by atoms with van der Waals surface area (Å²) < 4.78 is 21.0. The van der Waals surface area contributed by atoms with Gasteiger partial charge in [-0.15, -0.1) is 0 Å². The van der Waals surface area contributed by atoms with Gasteiger partial charge in [-0.1, -0.05) is 42.5 Å². The summed E-state index contributed by atoms with van der Waals surface area (Å²) >= 11 is 0. The van der Waals surface area contributed by atoms with Crippen molar-refractivity contribution in [2.45, 2.75) is 31.7 Å². The molecule has 0 aliphatic carbocycles. The van der Waals surface area contributed by atoms with Crippen molar-refractivity contribution >= 4 is 22.7 Å². The largest absolute Gasteiger partial charge is 0.472 e. The molecule has 0 spiro atoms. The number of fused-ring (bicyclic) bond motifs is 1. The van der Waals surface area contributed by atoms with Crippen LogP contribution in [-0.4, -0.2) is 64.3 Å². The van der Waals surface area contributed by atoms with E-state index in [1.165, 1.54) is 12.1 Å². The number of nitrogens with zero attached hydrogens (tertiary/aromatic N) is 4. The molecule has 5 aromatic rings. The zero-order valence-electron chi connectivity index (χ0n) is 24.9. The number of Topliss-reactive ketones (excluding diaryl/α,β-unsaturated/α-hetero) is 1. The first kappa shape index (κ1) is 29.5. The molecule has 0 N–H and O–H groups in total. The van der Waals surface area contributed by atoms with Crippen LogP contribution in [0.3, 0.4) is 0 Å². The van der Waals surface area contributed by atoms with Crippen LogP contribution in [0, 0.1) is 11.7 Å². The van der Waals surface area contributed by atoms with Crippen molar-refractivity contribution in [3.63, 3.8) is 0 Å². The molecule has 1 saturated heterocycles. The minimum absolute atomic E-state index is 0.0316. The van der Waals surface area contributed by atoms with Crippen LogP contribution in [0.25, 0.3) is 11.0 Å². The van der Waals surface area contributed by atoms with Gasteiger partial charge in [0, 0.05) is 36.6 Å². The van der Waals surface area contributed by atoms with E-state index in [4.69, 9.17) is 9.40 Å². The van der Waals surface area contributed by atoms with Gasteiger partial charge in [0.2, 0.25) is 5.78 Å². The summed E-state index contributed by atoms with van der Waals surface area (Å²) in [7, 11) is 1.82. The van der Waals surface area contributed by atoms with E-state index in [1.54, 1.807) is 17.4 Å². The van der Waals surface area contributed by atoms with E-state index in [9.17, 15) is 14.0 Å². The number of likely N-dealkylation sites (N-methyl/N-ethyl adjacent to an activating group) is 1. The Kier molecular flexibility index (Phi) is 8.98. The number of benzene rings is 3. The second kappa shape index (κ2) is 13.4. The Labute approximate surface area is 256 Å². The number of likely N-dealkylation sites (tertiary alicyclic amines) is 1. The minimum Gasteiger partial charge on any atom is -0.472 e. The summed E-state index contributed by atoms with van der Waals surface area (Å²) in [4.78, 5) is 35.8. The van der Waals surface area contributed by atoms with Gasteiger partial charge in [0.1, 0.15) is 5.82 Å². The number of ketones is 1. The summed E-state index contributed by atoms with van der Waals surface area (Å²) in [5.41, 5.74) is 4.42. The van der Waals surface area contributed by atoms with Gasteiger partial charge in [-0.2, -0.15) is 0 Å². The summed E-state index contributed by atoms with van der Waals surface area (Å²) in [6.07, 6.45) is 5.70. The number of carbonyl (C=O) groups is 2. The van der Waals surface area contributed by atoms with Crippen LogP contribution < -0.4 is 0 Å². The van der Waals surface area contributed by atoms with Crippen LogP contribution in [-0.2, 0) is 6.54 Å². The van der Waals surface area contributed by atoms with Gasteiger partial charge >= 0.3 is 0 Å². The quantitative estimate of drug-likeness (QED) is 0.161. The van der Waals surface area contributed by atoms with Gasteiger partial charge in [-0.3, -0.25) is 9.59 Å². The Morgan fingerprint density at radius 3 is 2.43 bits per heavy atom. The standard InChI is InChI=1S/C36H37FN4O3/c1-39(36(43)29-7-3-2-4-8-29)24-30(27-11-13-31(37)14-12-27)17-21-40-19-15-28(16-20-40)34(42)35-38-32-9-5-6-10-33(32)41(35)23-26-18-22-44-25-26/h2-14,18,22,25,28,30H,15-17,19-21,23-24H2,1H3. The maximum absolute atomic E-state index is 13.8. The number of rotatable bonds is 11. The zero-order chi connectivity index (χ0) is 30.5. The highest BCUT2D eigenvalue weighted by Gasteiger charge is 2.30. The van der Waals surface area contributed by atoms with Crippen molar-refractivity contribution in [2.75, 3.05) is 33.2 Å². The maximum Gasteiger partial charge on any atom is 0.253 e. The molecular weight excluding hydrogens is 555 g/mol. The SMILES string of the molecule is CN(CC(CCN1CCC(C(=O)c2nc3ccccc3n2Cc2ccoc2)CC1)c1ccc(F)cc1)C(=O)c1ccccc1. The molecule has 7 nitrogen and oxygen atoms in total. The number of hydrogen-bond acceptors (Lipinski definition) is 5. The normalized spacial score (nSPS) is 15.0. The second-order valence-corrected chi connectivity index (χ2v) is 11.7. The van der Waals surface area contributed by atoms with Crippen molar-refractivity contribution in [1.82, 2.24) is 19.4 Å². The summed E-state index contributed by atoms with van der Waals surface area (Å²) in [5, 5.41) is 0. The van der Waals surface area contributed by atoms with Crippen molar-refractivity contribution < 1.29 is 18.4 Å². The summed E-state index contributed by atoms with van der Waals surface area (Å²) in [6.45, 7) is 3.51. The zero-order valence-corrected chi connectivity index (χ0v) is 24.9. The van der Waals surface area contributed by atoms with E-state index < -0.39 is 0 Å². The van der Waals surface area contributed by atoms with E-state index in [-0.39, 0.29) is 29.3 Å². The lowest BCUT2D eigenvalue weighted by atomic mass is 9.90. The van der Waals surface area contributed by atoms with Crippen molar-refractivity contribution in [2.24, 2.45) is 5.92 Å². The Balaban J connectivity index is 1.10. The van der Waals surface area contributed by atoms with Crippen LogP contribution in [0.2, 0.25) is 0 Å². The fourth-order valence-electron chi connectivity index (χ4n) is 6.24. The van der Waals surface area contributed by atoms with E-state index in [0.717, 1.165) is 61.1 Å². The van der Waals surface area contributed by atoms with Crippen molar-refractivity contribution in [3.05, 3.63) is 126 Å². The number of piperidine rings is 1. The first-order valence-electron chi connectivity index (χ1n) is 15.2. The smallest absolute Gasteiger partial charge is 0.253 e. The molecule has 2 aromatic heterocycles. The van der Waals surface area contributed by atoms with E-state index in [1.807, 2.05) is 84.4 Å². The topological polar surface area (TPSA) is 71.6 Å². The number of para-hydroxylation sites is 2. The first-order chi connectivity index (χ1) is 21.5. The summed E-state index contributed by atoms with van der Waals surface area (Å²) in [5.74, 6) is 0.258. The highest BCUT2D eigenvalue weighted by Crippen LogP contribution is 2.27. The molecule has 1 unspecified atom stereocenters. The molecule has 0 saturated carbocycles. The van der Waals surface area contributed by atoms with Gasteiger partial charge in [-0.25, -0.2) is 9.37 Å². The van der Waals surface area contributed by atoms with E-state index >= 15 is 0 Å². The molecule has 1 aliphatic heterocycles. The van der Waals surface area contributed by atoms with Gasteiger partial charge in [0.05, 0.1) is 30.1 Å². The Bertz CT molecular complexity index is 1690. The molecule has 226 valence electrons. The predicted molar refractivity (Wildman–Crippen MR) is 168 cm³/mol. The molecule has 1 aliphatic rings. The number of carbonyl (C=O) groups excluding carboxylic acids is 2. The molecule has 1 atom stereocenters. The monoisotopic (exact) mass is 592 g/mol. The van der Waals surface area contributed by atoms with Gasteiger partial charge in [0.25, 0.3) is 5.91 Å². The average molecular weight is 593 g/mol.